The summed E-state index contributed by atoms with van der Waals surface area (Å²) in [6, 6.07) is 4.34. The van der Waals surface area contributed by atoms with Gasteiger partial charge < -0.3 is 15.4 Å². The molecule has 0 aromatic carbocycles. The maximum Gasteiger partial charge on any atom is 0.214 e. The Morgan fingerprint density at radius 3 is 2.76 bits per heavy atom. The van der Waals surface area contributed by atoms with Crippen molar-refractivity contribution >= 4 is 5.69 Å². The first kappa shape index (κ1) is 12.2. The predicted molar refractivity (Wildman–Crippen MR) is 69.4 cm³/mol. The average Bonchev–Trinajstić information content (AvgIpc) is 2.39. The average molecular weight is 235 g/mol. The van der Waals surface area contributed by atoms with E-state index in [9.17, 15) is 0 Å². The van der Waals surface area contributed by atoms with Crippen molar-refractivity contribution in [3.8, 4) is 5.88 Å². The van der Waals surface area contributed by atoms with Crippen molar-refractivity contribution in [1.82, 2.24) is 4.98 Å². The van der Waals surface area contributed by atoms with Gasteiger partial charge in [0.1, 0.15) is 0 Å². The molecular formula is C13H21N3O. The molecule has 0 saturated carbocycles. The zero-order valence-corrected chi connectivity index (χ0v) is 10.6. The molecule has 1 aliphatic heterocycles. The number of pyridine rings is 1. The van der Waals surface area contributed by atoms with Crippen LogP contribution < -0.4 is 15.4 Å². The Morgan fingerprint density at radius 2 is 2.18 bits per heavy atom. The Bertz CT molecular complexity index is 359. The van der Waals surface area contributed by atoms with Crippen molar-refractivity contribution in [2.75, 3.05) is 25.1 Å². The zero-order valence-electron chi connectivity index (χ0n) is 10.6. The number of ether oxygens (including phenoxy) is 1. The summed E-state index contributed by atoms with van der Waals surface area (Å²) in [4.78, 5) is 6.51. The maximum absolute atomic E-state index is 5.95. The number of nitrogens with zero attached hydrogens (tertiary/aromatic N) is 2. The van der Waals surface area contributed by atoms with Crippen LogP contribution in [0.3, 0.4) is 0 Å². The van der Waals surface area contributed by atoms with Gasteiger partial charge in [-0.25, -0.2) is 4.98 Å². The van der Waals surface area contributed by atoms with Crippen molar-refractivity contribution in [3.63, 3.8) is 0 Å². The van der Waals surface area contributed by atoms with E-state index in [0.717, 1.165) is 13.1 Å². The fourth-order valence-electron chi connectivity index (χ4n) is 2.39. The van der Waals surface area contributed by atoms with E-state index in [-0.39, 0.29) is 0 Å². The fourth-order valence-corrected chi connectivity index (χ4v) is 2.39. The van der Waals surface area contributed by atoms with E-state index < -0.39 is 0 Å². The third kappa shape index (κ3) is 2.88. The highest BCUT2D eigenvalue weighted by molar-refractivity contribution is 5.48. The molecule has 17 heavy (non-hydrogen) atoms. The number of rotatable bonds is 3. The van der Waals surface area contributed by atoms with Gasteiger partial charge in [0.2, 0.25) is 5.88 Å². The minimum absolute atomic E-state index is 0.309. The van der Waals surface area contributed by atoms with E-state index in [1.807, 2.05) is 12.1 Å². The highest BCUT2D eigenvalue weighted by Gasteiger charge is 2.22. The van der Waals surface area contributed by atoms with Gasteiger partial charge in [-0.2, -0.15) is 0 Å². The van der Waals surface area contributed by atoms with E-state index in [2.05, 4.69) is 16.8 Å². The number of nitrogens with two attached hydrogens (primary N) is 1. The molecule has 1 atom stereocenters. The van der Waals surface area contributed by atoms with Gasteiger partial charge in [0, 0.05) is 37.1 Å². The van der Waals surface area contributed by atoms with E-state index in [4.69, 9.17) is 10.5 Å². The Balaban J connectivity index is 2.00. The largest absolute Gasteiger partial charge is 0.481 e. The third-order valence-electron chi connectivity index (χ3n) is 3.58. The number of hydrogen-bond donors (Lipinski definition) is 1. The van der Waals surface area contributed by atoms with Crippen LogP contribution in [0, 0.1) is 5.92 Å². The van der Waals surface area contributed by atoms with Crippen LogP contribution in [0.25, 0.3) is 0 Å². The monoisotopic (exact) mass is 235 g/mol. The van der Waals surface area contributed by atoms with Crippen molar-refractivity contribution in [1.29, 1.82) is 0 Å². The van der Waals surface area contributed by atoms with Crippen molar-refractivity contribution < 1.29 is 4.74 Å². The fraction of sp³-hybridized carbons (Fsp3) is 0.615. The summed E-state index contributed by atoms with van der Waals surface area (Å²) in [5.74, 6) is 1.34. The van der Waals surface area contributed by atoms with Crippen molar-refractivity contribution in [2.45, 2.75) is 25.8 Å². The third-order valence-corrected chi connectivity index (χ3v) is 3.58. The molecule has 1 aromatic rings. The van der Waals surface area contributed by atoms with Crippen molar-refractivity contribution in [2.24, 2.45) is 11.7 Å². The second-order valence-electron chi connectivity index (χ2n) is 4.74. The van der Waals surface area contributed by atoms with Crippen LogP contribution in [-0.4, -0.2) is 31.2 Å². The van der Waals surface area contributed by atoms with Crippen LogP contribution in [0.4, 0.5) is 5.69 Å². The first-order chi connectivity index (χ1) is 8.20. The number of aromatic nitrogens is 1. The topological polar surface area (TPSA) is 51.4 Å². The minimum Gasteiger partial charge on any atom is -0.481 e. The molecule has 0 amide bonds. The lowest BCUT2D eigenvalue weighted by Gasteiger charge is -2.35. The van der Waals surface area contributed by atoms with Gasteiger partial charge in [-0.15, -0.1) is 0 Å². The molecule has 0 bridgehead atoms. The van der Waals surface area contributed by atoms with Crippen LogP contribution >= 0.6 is 0 Å². The lowest BCUT2D eigenvalue weighted by atomic mass is 9.91. The molecule has 0 spiro atoms. The molecule has 0 radical (unpaired) electrons. The molecular weight excluding hydrogens is 214 g/mol. The molecule has 0 aliphatic carbocycles. The molecule has 1 unspecified atom stereocenters. The number of piperidine rings is 1. The van der Waals surface area contributed by atoms with Gasteiger partial charge in [-0.1, -0.05) is 0 Å². The van der Waals surface area contributed by atoms with Gasteiger partial charge in [-0.3, -0.25) is 0 Å². The van der Waals surface area contributed by atoms with E-state index >= 15 is 0 Å². The molecule has 4 heteroatoms. The first-order valence-corrected chi connectivity index (χ1v) is 6.21. The van der Waals surface area contributed by atoms with Gasteiger partial charge >= 0.3 is 0 Å². The van der Waals surface area contributed by atoms with Crippen LogP contribution in [0.5, 0.6) is 5.88 Å². The highest BCUT2D eigenvalue weighted by atomic mass is 16.5. The normalized spacial score (nSPS) is 19.1. The summed E-state index contributed by atoms with van der Waals surface area (Å²) >= 11 is 0. The lowest BCUT2D eigenvalue weighted by molar-refractivity contribution is 0.354. The Kier molecular flexibility index (Phi) is 3.84. The van der Waals surface area contributed by atoms with E-state index in [1.165, 1.54) is 18.5 Å². The summed E-state index contributed by atoms with van der Waals surface area (Å²) in [6.45, 7) is 4.24. The predicted octanol–water partition coefficient (Wildman–Crippen LogP) is 1.65. The summed E-state index contributed by atoms with van der Waals surface area (Å²) in [5.41, 5.74) is 7.14. The molecule has 2 rings (SSSR count). The smallest absolute Gasteiger partial charge is 0.214 e. The summed E-state index contributed by atoms with van der Waals surface area (Å²) < 4.78 is 5.15. The lowest BCUT2D eigenvalue weighted by Crippen LogP contribution is -2.39. The minimum atomic E-state index is 0.309. The standard InChI is InChI=1S/C13H21N3O/c1-10(14)11-4-7-16(8-5-11)12-3-6-15-13(9-12)17-2/h3,6,9-11H,4-5,7-8,14H2,1-2H3. The molecule has 4 nitrogen and oxygen atoms in total. The molecule has 1 aromatic heterocycles. The Morgan fingerprint density at radius 1 is 1.47 bits per heavy atom. The first-order valence-electron chi connectivity index (χ1n) is 6.21. The van der Waals surface area contributed by atoms with Crippen LogP contribution in [0.15, 0.2) is 18.3 Å². The van der Waals surface area contributed by atoms with Crippen LogP contribution in [-0.2, 0) is 0 Å². The molecule has 1 aliphatic rings. The van der Waals surface area contributed by atoms with E-state index in [0.29, 0.717) is 17.8 Å². The maximum atomic E-state index is 5.95. The van der Waals surface area contributed by atoms with Crippen LogP contribution in [0.2, 0.25) is 0 Å². The summed E-state index contributed by atoms with van der Waals surface area (Å²) in [5, 5.41) is 0. The van der Waals surface area contributed by atoms with Gasteiger partial charge in [0.25, 0.3) is 0 Å². The molecule has 2 heterocycles. The molecule has 1 saturated heterocycles. The van der Waals surface area contributed by atoms with E-state index in [1.54, 1.807) is 13.3 Å². The van der Waals surface area contributed by atoms with Gasteiger partial charge in [0.05, 0.1) is 7.11 Å². The van der Waals surface area contributed by atoms with Gasteiger partial charge in [0.15, 0.2) is 0 Å². The summed E-state index contributed by atoms with van der Waals surface area (Å²) in [6.07, 6.45) is 4.14. The molecule has 1 fully saturated rings. The number of hydrogen-bond acceptors (Lipinski definition) is 4. The number of anilines is 1. The highest BCUT2D eigenvalue weighted by Crippen LogP contribution is 2.25. The van der Waals surface area contributed by atoms with Gasteiger partial charge in [-0.05, 0) is 31.7 Å². The van der Waals surface area contributed by atoms with Crippen LogP contribution in [0.1, 0.15) is 19.8 Å². The van der Waals surface area contributed by atoms with Crippen molar-refractivity contribution in [3.05, 3.63) is 18.3 Å². The molecule has 2 N–H and O–H groups in total. The SMILES string of the molecule is COc1cc(N2CCC(C(C)N)CC2)ccn1. The Labute approximate surface area is 103 Å². The number of methoxy groups -OCH3 is 1. The zero-order chi connectivity index (χ0) is 12.3. The Hall–Kier alpha value is -1.29. The quantitative estimate of drug-likeness (QED) is 0.865. The second-order valence-corrected chi connectivity index (χ2v) is 4.74. The second kappa shape index (κ2) is 5.36. The summed E-state index contributed by atoms with van der Waals surface area (Å²) in [7, 11) is 1.65. The molecule has 94 valence electrons.